The number of halogens is 3. The van der Waals surface area contributed by atoms with Gasteiger partial charge in [0.2, 0.25) is 10.0 Å². The zero-order valence-electron chi connectivity index (χ0n) is 25.4. The molecule has 5 aromatic rings. The first-order chi connectivity index (χ1) is 21.9. The number of sulfonamides is 1. The number of fused-ring (bicyclic) bond motifs is 2. The highest BCUT2D eigenvalue weighted by atomic mass is 32.2. The van der Waals surface area contributed by atoms with E-state index in [-0.39, 0.29) is 19.5 Å². The van der Waals surface area contributed by atoms with E-state index in [0.29, 0.717) is 35.6 Å². The molecule has 0 spiro atoms. The lowest BCUT2D eigenvalue weighted by atomic mass is 9.99. The van der Waals surface area contributed by atoms with Crippen molar-refractivity contribution in [2.45, 2.75) is 25.8 Å². The van der Waals surface area contributed by atoms with Gasteiger partial charge in [0, 0.05) is 54.1 Å². The Bertz CT molecular complexity index is 2130. The van der Waals surface area contributed by atoms with E-state index in [0.717, 1.165) is 50.5 Å². The molecule has 8 nitrogen and oxygen atoms in total. The maximum absolute atomic E-state index is 14.7. The molecule has 12 heteroatoms. The van der Waals surface area contributed by atoms with Crippen LogP contribution in [-0.4, -0.2) is 65.3 Å². The number of aromatic amines is 2. The van der Waals surface area contributed by atoms with E-state index in [1.54, 1.807) is 23.2 Å². The first kappa shape index (κ1) is 31.5. The number of nitrogens with zero attached hydrogens (tertiary/aromatic N) is 3. The van der Waals surface area contributed by atoms with Crippen molar-refractivity contribution in [1.29, 1.82) is 0 Å². The number of hydrogen-bond donors (Lipinski definition) is 3. The maximum atomic E-state index is 14.7. The van der Waals surface area contributed by atoms with Gasteiger partial charge < -0.3 is 4.98 Å². The third-order valence-corrected chi connectivity index (χ3v) is 8.57. The van der Waals surface area contributed by atoms with Crippen LogP contribution in [0.1, 0.15) is 24.5 Å². The van der Waals surface area contributed by atoms with E-state index in [1.807, 2.05) is 49.4 Å². The monoisotopic (exact) mass is 646 g/mol. The summed E-state index contributed by atoms with van der Waals surface area (Å²) >= 11 is 0. The molecule has 0 unspecified atom stereocenters. The van der Waals surface area contributed by atoms with Crippen LogP contribution in [0.15, 0.2) is 85.1 Å². The summed E-state index contributed by atoms with van der Waals surface area (Å²) in [5.74, 6) is -3.12. The molecule has 238 valence electrons. The Morgan fingerprint density at radius 1 is 1.17 bits per heavy atom. The van der Waals surface area contributed by atoms with Gasteiger partial charge in [-0.15, -0.1) is 0 Å². The topological polar surface area (TPSA) is 107 Å². The number of benzene rings is 2. The molecular weight excluding hydrogens is 613 g/mol. The van der Waals surface area contributed by atoms with E-state index in [4.69, 9.17) is 0 Å². The van der Waals surface area contributed by atoms with Crippen LogP contribution < -0.4 is 4.72 Å². The lowest BCUT2D eigenvalue weighted by Gasteiger charge is -2.16. The van der Waals surface area contributed by atoms with Gasteiger partial charge in [-0.2, -0.15) is 5.10 Å². The minimum Gasteiger partial charge on any atom is -0.353 e. The molecule has 46 heavy (non-hydrogen) atoms. The van der Waals surface area contributed by atoms with Crippen molar-refractivity contribution in [3.63, 3.8) is 0 Å². The van der Waals surface area contributed by atoms with Crippen molar-refractivity contribution in [3.05, 3.63) is 102 Å². The van der Waals surface area contributed by atoms with Gasteiger partial charge in [0.25, 0.3) is 5.92 Å². The lowest BCUT2D eigenvalue weighted by Crippen LogP contribution is -2.26. The van der Waals surface area contributed by atoms with Gasteiger partial charge in [-0.05, 0) is 65.6 Å². The molecule has 6 rings (SSSR count). The van der Waals surface area contributed by atoms with Gasteiger partial charge in [0.15, 0.2) is 5.65 Å². The Labute approximate surface area is 264 Å². The zero-order valence-corrected chi connectivity index (χ0v) is 26.2. The summed E-state index contributed by atoms with van der Waals surface area (Å²) in [6.07, 6.45) is 8.16. The fraction of sp³-hybridized carbons (Fsp3) is 0.235. The highest BCUT2D eigenvalue weighted by Gasteiger charge is 2.37. The van der Waals surface area contributed by atoms with Crippen LogP contribution in [0.4, 0.5) is 13.2 Å². The Hall–Kier alpha value is -4.52. The smallest absolute Gasteiger partial charge is 0.261 e. The summed E-state index contributed by atoms with van der Waals surface area (Å²) < 4.78 is 67.7. The quantitative estimate of drug-likeness (QED) is 0.145. The average molecular weight is 647 g/mol. The largest absolute Gasteiger partial charge is 0.353 e. The Balaban J connectivity index is 1.34. The highest BCUT2D eigenvalue weighted by molar-refractivity contribution is 7.88. The van der Waals surface area contributed by atoms with Gasteiger partial charge in [-0.3, -0.25) is 10.00 Å². The minimum absolute atomic E-state index is 0.0291. The normalized spacial score (nSPS) is 16.1. The number of pyridine rings is 1. The van der Waals surface area contributed by atoms with Gasteiger partial charge in [-0.25, -0.2) is 31.3 Å². The SMILES string of the molecule is C=C/C=C(\C=C(/C)CN1CCC(F)(F)C1)c1cnc2n[nH]c(-c3cc4c(-c5cc(F)cc(CNS(C)(=O)=O)c5)cccc4[nH]3)c2c1. The number of aromatic nitrogens is 4. The Morgan fingerprint density at radius 3 is 2.74 bits per heavy atom. The molecular formula is C34H33F3N6O2S. The van der Waals surface area contributed by atoms with Gasteiger partial charge in [0.1, 0.15) is 5.82 Å². The summed E-state index contributed by atoms with van der Waals surface area (Å²) in [4.78, 5) is 9.76. The third kappa shape index (κ3) is 6.99. The minimum atomic E-state index is -3.44. The second-order valence-electron chi connectivity index (χ2n) is 11.8. The van der Waals surface area contributed by atoms with E-state index in [1.165, 1.54) is 12.1 Å². The Kier molecular flexibility index (Phi) is 8.45. The second kappa shape index (κ2) is 12.3. The van der Waals surface area contributed by atoms with E-state index in [2.05, 4.69) is 31.5 Å². The van der Waals surface area contributed by atoms with Crippen LogP contribution in [0.5, 0.6) is 0 Å². The standard InChI is InChI=1S/C34H33F3N6O2S/c1-4-6-23(11-21(2)19-43-10-9-34(36,37)20-43)25-15-29-32(41-42-33(29)38-18-25)31-16-28-27(7-5-8-30(28)40-31)24-12-22(13-26(35)14-24)17-39-46(3,44)45/h4-8,11-16,18,39-40H,1,9-10,17,19-20H2,2-3H3,(H,38,41,42)/b21-11+,23-6+. The molecule has 2 aromatic carbocycles. The van der Waals surface area contributed by atoms with Gasteiger partial charge in [-0.1, -0.05) is 42.5 Å². The maximum Gasteiger partial charge on any atom is 0.261 e. The number of hydrogen-bond acceptors (Lipinski definition) is 5. The van der Waals surface area contributed by atoms with Crippen LogP contribution in [-0.2, 0) is 16.6 Å². The number of rotatable bonds is 10. The fourth-order valence-electron chi connectivity index (χ4n) is 5.89. The summed E-state index contributed by atoms with van der Waals surface area (Å²) in [6, 6.07) is 14.1. The van der Waals surface area contributed by atoms with E-state index in [9.17, 15) is 21.6 Å². The van der Waals surface area contributed by atoms with Crippen LogP contribution in [0.2, 0.25) is 0 Å². The number of allylic oxidation sites excluding steroid dienone is 4. The highest BCUT2D eigenvalue weighted by Crippen LogP contribution is 2.35. The second-order valence-corrected chi connectivity index (χ2v) is 13.6. The molecule has 0 bridgehead atoms. The zero-order chi connectivity index (χ0) is 32.6. The van der Waals surface area contributed by atoms with Crippen LogP contribution in [0.25, 0.3) is 50.0 Å². The van der Waals surface area contributed by atoms with Crippen molar-refractivity contribution >= 4 is 37.5 Å². The third-order valence-electron chi connectivity index (χ3n) is 7.90. The van der Waals surface area contributed by atoms with Crippen molar-refractivity contribution in [3.8, 4) is 22.5 Å². The molecule has 1 aliphatic rings. The summed E-state index contributed by atoms with van der Waals surface area (Å²) in [6.45, 7) is 6.31. The first-order valence-corrected chi connectivity index (χ1v) is 16.6. The molecule has 1 fully saturated rings. The van der Waals surface area contributed by atoms with E-state index >= 15 is 0 Å². The molecule has 1 saturated heterocycles. The van der Waals surface area contributed by atoms with Crippen LogP contribution in [0, 0.1) is 5.82 Å². The Morgan fingerprint density at radius 2 is 2.00 bits per heavy atom. The van der Waals surface area contributed by atoms with Crippen LogP contribution in [0.3, 0.4) is 0 Å². The molecule has 1 aliphatic heterocycles. The van der Waals surface area contributed by atoms with Crippen molar-refractivity contribution in [1.82, 2.24) is 29.8 Å². The molecule has 0 radical (unpaired) electrons. The molecule has 0 amide bonds. The molecule has 3 N–H and O–H groups in total. The predicted octanol–water partition coefficient (Wildman–Crippen LogP) is 6.82. The first-order valence-electron chi connectivity index (χ1n) is 14.7. The molecule has 0 aliphatic carbocycles. The van der Waals surface area contributed by atoms with Gasteiger partial charge >= 0.3 is 0 Å². The van der Waals surface area contributed by atoms with Crippen molar-refractivity contribution in [2.75, 3.05) is 25.9 Å². The number of likely N-dealkylation sites (tertiary alicyclic amines) is 1. The average Bonchev–Trinajstić information content (AvgIpc) is 3.70. The summed E-state index contributed by atoms with van der Waals surface area (Å²) in [7, 11) is -3.44. The number of alkyl halides is 2. The lowest BCUT2D eigenvalue weighted by molar-refractivity contribution is 0.0131. The predicted molar refractivity (Wildman–Crippen MR) is 176 cm³/mol. The molecule has 3 aromatic heterocycles. The molecule has 0 saturated carbocycles. The van der Waals surface area contributed by atoms with Crippen LogP contribution >= 0.6 is 0 Å². The molecule has 4 heterocycles. The molecule has 0 atom stereocenters. The van der Waals surface area contributed by atoms with Crippen molar-refractivity contribution < 1.29 is 21.6 Å². The fourth-order valence-corrected chi connectivity index (χ4v) is 6.32. The van der Waals surface area contributed by atoms with Crippen molar-refractivity contribution in [2.24, 2.45) is 0 Å². The summed E-state index contributed by atoms with van der Waals surface area (Å²) in [5.41, 5.74) is 7.26. The number of H-pyrrole nitrogens is 2. The van der Waals surface area contributed by atoms with E-state index < -0.39 is 21.8 Å². The summed E-state index contributed by atoms with van der Waals surface area (Å²) in [5, 5.41) is 9.11. The number of nitrogens with one attached hydrogen (secondary N) is 3. The van der Waals surface area contributed by atoms with Gasteiger partial charge in [0.05, 0.1) is 24.2 Å².